The highest BCUT2D eigenvalue weighted by Gasteiger charge is 2.18. The second kappa shape index (κ2) is 8.53. The van der Waals surface area contributed by atoms with Crippen LogP contribution in [0, 0.1) is 0 Å². The van der Waals surface area contributed by atoms with E-state index < -0.39 is 0 Å². The molecule has 0 saturated carbocycles. The lowest BCUT2D eigenvalue weighted by molar-refractivity contribution is 0.0924. The summed E-state index contributed by atoms with van der Waals surface area (Å²) in [5, 5.41) is 3.79. The summed E-state index contributed by atoms with van der Waals surface area (Å²) < 4.78 is 6.93. The molecule has 5 rings (SSSR count). The van der Waals surface area contributed by atoms with Crippen LogP contribution in [0.15, 0.2) is 65.1 Å². The highest BCUT2D eigenvalue weighted by atomic mass is 32.1. The second-order valence-corrected chi connectivity index (χ2v) is 8.78. The number of piperazine rings is 1. The lowest BCUT2D eigenvalue weighted by atomic mass is 10.1. The number of nitrogens with zero attached hydrogens (tertiary/aromatic N) is 3. The van der Waals surface area contributed by atoms with Gasteiger partial charge in [-0.2, -0.15) is 0 Å². The number of anilines is 1. The van der Waals surface area contributed by atoms with Crippen molar-refractivity contribution in [3.8, 4) is 10.8 Å². The SMILES string of the molecule is CN1CCN(c2ccccc2CNC(=O)c2ccc(-c3nc4ccccc4s3)o2)CC1. The molecule has 158 valence electrons. The number of para-hydroxylation sites is 2. The largest absolute Gasteiger partial charge is 0.448 e. The first-order valence-corrected chi connectivity index (χ1v) is 11.2. The van der Waals surface area contributed by atoms with E-state index in [1.165, 1.54) is 5.69 Å². The van der Waals surface area contributed by atoms with Crippen molar-refractivity contribution < 1.29 is 9.21 Å². The fourth-order valence-corrected chi connectivity index (χ4v) is 4.76. The van der Waals surface area contributed by atoms with Crippen LogP contribution in [-0.4, -0.2) is 49.0 Å². The predicted octanol–water partition coefficient (Wildman–Crippen LogP) is 4.24. The number of hydrogen-bond donors (Lipinski definition) is 1. The zero-order chi connectivity index (χ0) is 21.2. The average Bonchev–Trinajstić information content (AvgIpc) is 3.45. The Morgan fingerprint density at radius 1 is 1.03 bits per heavy atom. The molecule has 4 aromatic rings. The summed E-state index contributed by atoms with van der Waals surface area (Å²) in [6.07, 6.45) is 0. The minimum Gasteiger partial charge on any atom is -0.448 e. The van der Waals surface area contributed by atoms with E-state index in [2.05, 4.69) is 45.3 Å². The molecule has 0 atom stereocenters. The molecule has 1 saturated heterocycles. The van der Waals surface area contributed by atoms with Gasteiger partial charge in [0.05, 0.1) is 10.2 Å². The quantitative estimate of drug-likeness (QED) is 0.511. The van der Waals surface area contributed by atoms with E-state index in [1.807, 2.05) is 36.4 Å². The highest BCUT2D eigenvalue weighted by molar-refractivity contribution is 7.21. The summed E-state index contributed by atoms with van der Waals surface area (Å²) in [7, 11) is 2.15. The molecule has 0 unspecified atom stereocenters. The fourth-order valence-electron chi connectivity index (χ4n) is 3.83. The van der Waals surface area contributed by atoms with E-state index in [0.717, 1.165) is 47.0 Å². The highest BCUT2D eigenvalue weighted by Crippen LogP contribution is 2.31. The van der Waals surface area contributed by atoms with Gasteiger partial charge in [-0.25, -0.2) is 4.98 Å². The Morgan fingerprint density at radius 3 is 2.65 bits per heavy atom. The minimum atomic E-state index is -0.222. The van der Waals surface area contributed by atoms with Gasteiger partial charge in [0.1, 0.15) is 0 Å². The number of carbonyl (C=O) groups is 1. The number of amides is 1. The number of carbonyl (C=O) groups excluding carboxylic acids is 1. The number of aromatic nitrogens is 1. The first kappa shape index (κ1) is 19.8. The number of furan rings is 1. The fraction of sp³-hybridized carbons (Fsp3) is 0.250. The van der Waals surface area contributed by atoms with Crippen molar-refractivity contribution in [2.45, 2.75) is 6.54 Å². The third-order valence-corrected chi connectivity index (χ3v) is 6.66. The van der Waals surface area contributed by atoms with E-state index in [1.54, 1.807) is 17.4 Å². The maximum Gasteiger partial charge on any atom is 0.287 e. The molecule has 2 aromatic carbocycles. The van der Waals surface area contributed by atoms with Crippen molar-refractivity contribution in [1.82, 2.24) is 15.2 Å². The van der Waals surface area contributed by atoms with Crippen LogP contribution in [0.2, 0.25) is 0 Å². The Bertz CT molecular complexity index is 1170. The van der Waals surface area contributed by atoms with E-state index in [9.17, 15) is 4.79 Å². The van der Waals surface area contributed by atoms with E-state index in [-0.39, 0.29) is 5.91 Å². The maximum absolute atomic E-state index is 12.7. The molecule has 1 amide bonds. The van der Waals surface area contributed by atoms with Crippen molar-refractivity contribution in [3.63, 3.8) is 0 Å². The van der Waals surface area contributed by atoms with Crippen LogP contribution in [0.1, 0.15) is 16.1 Å². The van der Waals surface area contributed by atoms with E-state index in [0.29, 0.717) is 18.1 Å². The Balaban J connectivity index is 1.28. The molecule has 1 fully saturated rings. The summed E-state index contributed by atoms with van der Waals surface area (Å²) >= 11 is 1.56. The van der Waals surface area contributed by atoms with Gasteiger partial charge in [-0.05, 0) is 42.9 Å². The molecule has 7 heteroatoms. The zero-order valence-electron chi connectivity index (χ0n) is 17.4. The molecule has 1 N–H and O–H groups in total. The number of fused-ring (bicyclic) bond motifs is 1. The Kier molecular flexibility index (Phi) is 5.44. The monoisotopic (exact) mass is 432 g/mol. The van der Waals surface area contributed by atoms with Crippen LogP contribution < -0.4 is 10.2 Å². The minimum absolute atomic E-state index is 0.222. The molecule has 0 radical (unpaired) electrons. The number of likely N-dealkylation sites (N-methyl/N-ethyl adjacent to an activating group) is 1. The van der Waals surface area contributed by atoms with Crippen LogP contribution >= 0.6 is 11.3 Å². The molecule has 2 aromatic heterocycles. The van der Waals surface area contributed by atoms with Crippen LogP contribution in [0.4, 0.5) is 5.69 Å². The van der Waals surface area contributed by atoms with Gasteiger partial charge in [0, 0.05) is 38.4 Å². The van der Waals surface area contributed by atoms with Gasteiger partial charge in [0.2, 0.25) is 0 Å². The van der Waals surface area contributed by atoms with E-state index in [4.69, 9.17) is 4.42 Å². The molecule has 6 nitrogen and oxygen atoms in total. The molecule has 0 bridgehead atoms. The number of thiazole rings is 1. The van der Waals surface area contributed by atoms with Crippen molar-refractivity contribution in [2.75, 3.05) is 38.1 Å². The molecular formula is C24H24N4O2S. The molecule has 0 spiro atoms. The van der Waals surface area contributed by atoms with Crippen molar-refractivity contribution >= 4 is 33.1 Å². The topological polar surface area (TPSA) is 61.6 Å². The lowest BCUT2D eigenvalue weighted by Crippen LogP contribution is -2.45. The normalized spacial score (nSPS) is 14.8. The standard InChI is InChI=1S/C24H24N4O2S/c1-27-12-14-28(15-13-27)19-8-4-2-6-17(19)16-25-23(29)20-10-11-21(30-20)24-26-18-7-3-5-9-22(18)31-24/h2-11H,12-16H2,1H3,(H,25,29). The van der Waals surface area contributed by atoms with Gasteiger partial charge < -0.3 is 19.5 Å². The van der Waals surface area contributed by atoms with Gasteiger partial charge in [-0.1, -0.05) is 30.3 Å². The van der Waals surface area contributed by atoms with Gasteiger partial charge in [0.15, 0.2) is 16.5 Å². The maximum atomic E-state index is 12.7. The lowest BCUT2D eigenvalue weighted by Gasteiger charge is -2.35. The second-order valence-electron chi connectivity index (χ2n) is 7.75. The summed E-state index contributed by atoms with van der Waals surface area (Å²) in [5.41, 5.74) is 3.23. The van der Waals surface area contributed by atoms with Crippen LogP contribution in [0.25, 0.3) is 21.0 Å². The van der Waals surface area contributed by atoms with Gasteiger partial charge >= 0.3 is 0 Å². The summed E-state index contributed by atoms with van der Waals surface area (Å²) in [6, 6.07) is 19.8. The average molecular weight is 433 g/mol. The Morgan fingerprint density at radius 2 is 1.81 bits per heavy atom. The number of benzene rings is 2. The third kappa shape index (κ3) is 4.19. The van der Waals surface area contributed by atoms with Crippen molar-refractivity contribution in [3.05, 3.63) is 72.0 Å². The van der Waals surface area contributed by atoms with Crippen LogP contribution in [0.3, 0.4) is 0 Å². The van der Waals surface area contributed by atoms with E-state index >= 15 is 0 Å². The van der Waals surface area contributed by atoms with Crippen LogP contribution in [-0.2, 0) is 6.54 Å². The molecule has 0 aliphatic carbocycles. The van der Waals surface area contributed by atoms with Crippen molar-refractivity contribution in [1.29, 1.82) is 0 Å². The summed E-state index contributed by atoms with van der Waals surface area (Å²) in [6.45, 7) is 4.53. The molecular weight excluding hydrogens is 408 g/mol. The molecule has 1 aliphatic heterocycles. The molecule has 3 heterocycles. The smallest absolute Gasteiger partial charge is 0.287 e. The summed E-state index contributed by atoms with van der Waals surface area (Å²) in [5.74, 6) is 0.691. The number of nitrogens with one attached hydrogen (secondary N) is 1. The predicted molar refractivity (Wildman–Crippen MR) is 125 cm³/mol. The zero-order valence-corrected chi connectivity index (χ0v) is 18.2. The third-order valence-electron chi connectivity index (χ3n) is 5.61. The first-order chi connectivity index (χ1) is 15.2. The first-order valence-electron chi connectivity index (χ1n) is 10.4. The molecule has 31 heavy (non-hydrogen) atoms. The van der Waals surface area contributed by atoms with Gasteiger partial charge in [0.25, 0.3) is 5.91 Å². The van der Waals surface area contributed by atoms with Gasteiger partial charge in [-0.15, -0.1) is 11.3 Å². The Labute approximate surface area is 185 Å². The van der Waals surface area contributed by atoms with Crippen LogP contribution in [0.5, 0.6) is 0 Å². The number of rotatable bonds is 5. The summed E-state index contributed by atoms with van der Waals surface area (Å²) in [4.78, 5) is 22.0. The molecule has 1 aliphatic rings. The number of hydrogen-bond acceptors (Lipinski definition) is 6. The van der Waals surface area contributed by atoms with Gasteiger partial charge in [-0.3, -0.25) is 4.79 Å². The Hall–Kier alpha value is -3.16. The van der Waals surface area contributed by atoms with Crippen molar-refractivity contribution in [2.24, 2.45) is 0 Å².